The molecule has 1 radical (unpaired) electrons. The van der Waals surface area contributed by atoms with E-state index in [-0.39, 0.29) is 35.3 Å². The van der Waals surface area contributed by atoms with E-state index >= 15 is 0 Å². The summed E-state index contributed by atoms with van der Waals surface area (Å²) in [6.07, 6.45) is 0. The number of nitrogens with two attached hydrogens (primary N) is 1. The summed E-state index contributed by atoms with van der Waals surface area (Å²) in [5.74, 6) is -0.810. The first-order chi connectivity index (χ1) is 7.68. The summed E-state index contributed by atoms with van der Waals surface area (Å²) in [6, 6.07) is 11.6. The van der Waals surface area contributed by atoms with Crippen LogP contribution in [0.25, 0.3) is 10.8 Å². The molecule has 0 aromatic heterocycles. The third-order valence-corrected chi connectivity index (χ3v) is 3.39. The van der Waals surface area contributed by atoms with E-state index in [2.05, 4.69) is 0 Å². The number of fused-ring (bicyclic) bond motifs is 1. The Labute approximate surface area is 126 Å². The van der Waals surface area contributed by atoms with E-state index in [9.17, 15) is 4.79 Å². The van der Waals surface area contributed by atoms with Crippen molar-refractivity contribution in [3.63, 3.8) is 0 Å². The Balaban J connectivity index is 0.00000144. The third-order valence-electron chi connectivity index (χ3n) is 2.25. The van der Waals surface area contributed by atoms with Gasteiger partial charge in [0.25, 0.3) is 0 Å². The van der Waals surface area contributed by atoms with Crippen molar-refractivity contribution in [2.75, 3.05) is 11.5 Å². The van der Waals surface area contributed by atoms with Crippen LogP contribution in [-0.2, 0) is 4.79 Å². The molecule has 3 nitrogen and oxygen atoms in total. The average Bonchev–Trinajstić information content (AvgIpc) is 2.27. The molecule has 0 heterocycles. The topological polar surface area (TPSA) is 63.3 Å². The van der Waals surface area contributed by atoms with Crippen LogP contribution in [0, 0.1) is 0 Å². The summed E-state index contributed by atoms with van der Waals surface area (Å²) in [7, 11) is 0. The zero-order valence-electron chi connectivity index (χ0n) is 9.51. The van der Waals surface area contributed by atoms with Crippen molar-refractivity contribution in [1.29, 1.82) is 0 Å². The largest absolute Gasteiger partial charge is 0.481 e. The number of benzene rings is 2. The van der Waals surface area contributed by atoms with Gasteiger partial charge in [-0.1, -0.05) is 30.3 Å². The third kappa shape index (κ3) is 3.39. The van der Waals surface area contributed by atoms with E-state index in [0.717, 1.165) is 15.7 Å². The number of hydrogen-bond donors (Lipinski definition) is 2. The Morgan fingerprint density at radius 2 is 1.94 bits per heavy atom. The van der Waals surface area contributed by atoms with Gasteiger partial charge < -0.3 is 10.8 Å². The first-order valence-electron chi connectivity index (χ1n) is 4.80. The quantitative estimate of drug-likeness (QED) is 0.502. The van der Waals surface area contributed by atoms with E-state index in [0.29, 0.717) is 5.69 Å². The van der Waals surface area contributed by atoms with Gasteiger partial charge in [-0.3, -0.25) is 4.79 Å². The molecule has 0 aliphatic heterocycles. The first-order valence-corrected chi connectivity index (χ1v) is 5.79. The molecule has 0 bridgehead atoms. The Kier molecular flexibility index (Phi) is 5.33. The summed E-state index contributed by atoms with van der Waals surface area (Å²) >= 11 is 1.26. The Morgan fingerprint density at radius 1 is 1.24 bits per heavy atom. The number of nitrogen functional groups attached to an aromatic ring is 1. The average molecular weight is 256 g/mol. The number of carbonyl (C=O) groups is 1. The molecular weight excluding hydrogens is 245 g/mol. The van der Waals surface area contributed by atoms with Crippen molar-refractivity contribution in [3.05, 3.63) is 36.4 Å². The minimum absolute atomic E-state index is 0. The minimum Gasteiger partial charge on any atom is -0.481 e. The fourth-order valence-electron chi connectivity index (χ4n) is 1.55. The molecule has 5 heteroatoms. The molecule has 0 saturated carbocycles. The Hall–Kier alpha value is -0.680. The summed E-state index contributed by atoms with van der Waals surface area (Å²) in [5.41, 5.74) is 6.49. The fraction of sp³-hybridized carbons (Fsp3) is 0.0833. The summed E-state index contributed by atoms with van der Waals surface area (Å²) < 4.78 is 0. The van der Waals surface area contributed by atoms with Gasteiger partial charge >= 0.3 is 5.97 Å². The molecule has 17 heavy (non-hydrogen) atoms. The normalized spacial score (nSPS) is 9.88. The minimum atomic E-state index is -0.836. The number of hydrogen-bond acceptors (Lipinski definition) is 3. The van der Waals surface area contributed by atoms with E-state index in [1.807, 2.05) is 36.4 Å². The predicted octanol–water partition coefficient (Wildman–Crippen LogP) is 2.22. The summed E-state index contributed by atoms with van der Waals surface area (Å²) in [4.78, 5) is 11.4. The number of anilines is 1. The first kappa shape index (κ1) is 14.4. The van der Waals surface area contributed by atoms with Crippen molar-refractivity contribution in [2.24, 2.45) is 0 Å². The maximum atomic E-state index is 10.6. The zero-order chi connectivity index (χ0) is 11.5. The molecule has 0 amide bonds. The van der Waals surface area contributed by atoms with Gasteiger partial charge in [-0.15, -0.1) is 11.8 Å². The van der Waals surface area contributed by atoms with Crippen LogP contribution < -0.4 is 5.73 Å². The van der Waals surface area contributed by atoms with E-state index in [1.165, 1.54) is 11.8 Å². The van der Waals surface area contributed by atoms with Crippen molar-refractivity contribution in [2.45, 2.75) is 4.90 Å². The second-order valence-electron chi connectivity index (χ2n) is 3.39. The van der Waals surface area contributed by atoms with E-state index in [1.54, 1.807) is 0 Å². The van der Waals surface area contributed by atoms with Gasteiger partial charge in [0.2, 0.25) is 0 Å². The number of aliphatic carboxylic acids is 1. The van der Waals surface area contributed by atoms with Crippen molar-refractivity contribution < 1.29 is 9.90 Å². The van der Waals surface area contributed by atoms with Crippen LogP contribution in [0.4, 0.5) is 5.69 Å². The molecule has 2 aromatic carbocycles. The number of carboxylic acids is 1. The molecule has 0 aliphatic rings. The van der Waals surface area contributed by atoms with Gasteiger partial charge in [0.1, 0.15) is 0 Å². The standard InChI is InChI=1S/C12H11NO2S.Na/c13-10-6-5-8-3-1-2-4-9(8)12(10)16-7-11(14)15;/h1-6H,7,13H2,(H,14,15);. The van der Waals surface area contributed by atoms with Crippen molar-refractivity contribution >= 4 is 63.7 Å². The van der Waals surface area contributed by atoms with Gasteiger partial charge in [0.15, 0.2) is 0 Å². The summed E-state index contributed by atoms with van der Waals surface area (Å²) in [6.45, 7) is 0. The maximum absolute atomic E-state index is 10.6. The van der Waals surface area contributed by atoms with Crippen LogP contribution in [0.3, 0.4) is 0 Å². The molecule has 2 aromatic rings. The van der Waals surface area contributed by atoms with Crippen molar-refractivity contribution in [1.82, 2.24) is 0 Å². The second-order valence-corrected chi connectivity index (χ2v) is 4.37. The Morgan fingerprint density at radius 3 is 2.65 bits per heavy atom. The predicted molar refractivity (Wildman–Crippen MR) is 72.5 cm³/mol. The van der Waals surface area contributed by atoms with Gasteiger partial charge in [-0.25, -0.2) is 0 Å². The van der Waals surface area contributed by atoms with E-state index < -0.39 is 5.97 Å². The van der Waals surface area contributed by atoms with Crippen LogP contribution in [0.5, 0.6) is 0 Å². The number of carboxylic acid groups (broad SMARTS) is 1. The molecule has 3 N–H and O–H groups in total. The molecule has 0 fully saturated rings. The van der Waals surface area contributed by atoms with Crippen LogP contribution in [0.2, 0.25) is 0 Å². The van der Waals surface area contributed by atoms with E-state index in [4.69, 9.17) is 10.8 Å². The second kappa shape index (κ2) is 6.31. The molecule has 83 valence electrons. The molecule has 2 rings (SSSR count). The van der Waals surface area contributed by atoms with Crippen LogP contribution in [-0.4, -0.2) is 46.4 Å². The smallest absolute Gasteiger partial charge is 0.313 e. The van der Waals surface area contributed by atoms with Crippen LogP contribution in [0.1, 0.15) is 0 Å². The van der Waals surface area contributed by atoms with Gasteiger partial charge in [0.05, 0.1) is 5.75 Å². The maximum Gasteiger partial charge on any atom is 0.313 e. The van der Waals surface area contributed by atoms with Crippen molar-refractivity contribution in [3.8, 4) is 0 Å². The number of thioether (sulfide) groups is 1. The molecule has 0 spiro atoms. The van der Waals surface area contributed by atoms with Gasteiger partial charge in [-0.2, -0.15) is 0 Å². The zero-order valence-corrected chi connectivity index (χ0v) is 12.3. The SMILES string of the molecule is Nc1ccc2ccccc2c1SCC(=O)O.[Na]. The van der Waals surface area contributed by atoms with Gasteiger partial charge in [-0.05, 0) is 16.8 Å². The monoisotopic (exact) mass is 256 g/mol. The fourth-order valence-corrected chi connectivity index (χ4v) is 2.40. The van der Waals surface area contributed by atoms with Crippen LogP contribution >= 0.6 is 11.8 Å². The molecule has 0 aliphatic carbocycles. The Bertz CT molecular complexity index is 545. The molecule has 0 atom stereocenters. The van der Waals surface area contributed by atoms with Crippen LogP contribution in [0.15, 0.2) is 41.3 Å². The molecule has 0 unspecified atom stereocenters. The van der Waals surface area contributed by atoms with Gasteiger partial charge in [0, 0.05) is 40.1 Å². The number of rotatable bonds is 3. The summed E-state index contributed by atoms with van der Waals surface area (Å²) in [5, 5.41) is 10.8. The molecule has 0 saturated heterocycles. The molecular formula is C12H11NNaO2S.